The summed E-state index contributed by atoms with van der Waals surface area (Å²) in [6, 6.07) is 6.14. The lowest BCUT2D eigenvalue weighted by Crippen LogP contribution is -2.57. The van der Waals surface area contributed by atoms with Crippen molar-refractivity contribution in [1.82, 2.24) is 9.80 Å². The molecule has 2 amide bonds. The second kappa shape index (κ2) is 9.40. The van der Waals surface area contributed by atoms with Gasteiger partial charge < -0.3 is 20.3 Å². The number of nitrogens with zero attached hydrogens (tertiary/aromatic N) is 2. The van der Waals surface area contributed by atoms with Crippen LogP contribution in [0.4, 0.5) is 0 Å². The number of carbonyl (C=O) groups is 2. The van der Waals surface area contributed by atoms with Crippen LogP contribution in [-0.2, 0) is 19.4 Å². The summed E-state index contributed by atoms with van der Waals surface area (Å²) < 4.78 is 31.2. The van der Waals surface area contributed by atoms with Crippen molar-refractivity contribution in [3.8, 4) is 5.75 Å². The van der Waals surface area contributed by atoms with E-state index in [-0.39, 0.29) is 35.2 Å². The SMILES string of the molecule is C/C=C(\CN)COc1ccc(S(=O)(=O)CN2CCN(C(=O)C3(C)CCC3)CC2=O)cc1. The van der Waals surface area contributed by atoms with E-state index in [9.17, 15) is 18.0 Å². The highest BCUT2D eigenvalue weighted by atomic mass is 32.2. The summed E-state index contributed by atoms with van der Waals surface area (Å²) in [4.78, 5) is 28.2. The van der Waals surface area contributed by atoms with Crippen LogP contribution in [0.5, 0.6) is 5.75 Å². The fraction of sp³-hybridized carbons (Fsp3) is 0.545. The first-order valence-electron chi connectivity index (χ1n) is 10.6. The maximum absolute atomic E-state index is 12.8. The van der Waals surface area contributed by atoms with Gasteiger partial charge in [0.05, 0.1) is 11.4 Å². The van der Waals surface area contributed by atoms with E-state index in [1.165, 1.54) is 17.0 Å². The maximum atomic E-state index is 12.8. The monoisotopic (exact) mass is 449 g/mol. The zero-order valence-corrected chi connectivity index (χ0v) is 19.0. The van der Waals surface area contributed by atoms with Gasteiger partial charge in [-0.3, -0.25) is 9.59 Å². The smallest absolute Gasteiger partial charge is 0.243 e. The Balaban J connectivity index is 1.58. The Morgan fingerprint density at radius 1 is 1.23 bits per heavy atom. The molecule has 1 aliphatic heterocycles. The number of carbonyl (C=O) groups excluding carboxylic acids is 2. The largest absolute Gasteiger partial charge is 0.489 e. The summed E-state index contributed by atoms with van der Waals surface area (Å²) >= 11 is 0. The van der Waals surface area contributed by atoms with Crippen molar-refractivity contribution in [1.29, 1.82) is 0 Å². The van der Waals surface area contributed by atoms with Crippen LogP contribution in [0.1, 0.15) is 33.1 Å². The fourth-order valence-electron chi connectivity index (χ4n) is 3.78. The van der Waals surface area contributed by atoms with E-state index in [0.717, 1.165) is 24.8 Å². The summed E-state index contributed by atoms with van der Waals surface area (Å²) in [5, 5.41) is 0. The van der Waals surface area contributed by atoms with Gasteiger partial charge in [-0.2, -0.15) is 0 Å². The predicted molar refractivity (Wildman–Crippen MR) is 117 cm³/mol. The summed E-state index contributed by atoms with van der Waals surface area (Å²) in [5.41, 5.74) is 6.18. The van der Waals surface area contributed by atoms with Crippen LogP contribution in [0.15, 0.2) is 40.8 Å². The van der Waals surface area contributed by atoms with Gasteiger partial charge in [0.15, 0.2) is 9.84 Å². The first-order chi connectivity index (χ1) is 14.7. The van der Waals surface area contributed by atoms with Gasteiger partial charge >= 0.3 is 0 Å². The van der Waals surface area contributed by atoms with Crippen molar-refractivity contribution in [2.75, 3.05) is 38.7 Å². The van der Waals surface area contributed by atoms with Gasteiger partial charge in [-0.1, -0.05) is 19.4 Å². The van der Waals surface area contributed by atoms with Gasteiger partial charge in [-0.05, 0) is 49.6 Å². The zero-order chi connectivity index (χ0) is 22.6. The lowest BCUT2D eigenvalue weighted by Gasteiger charge is -2.43. The second-order valence-electron chi connectivity index (χ2n) is 8.45. The molecular formula is C22H31N3O5S. The highest BCUT2D eigenvalue weighted by molar-refractivity contribution is 7.91. The number of benzene rings is 1. The van der Waals surface area contributed by atoms with E-state index < -0.39 is 15.7 Å². The molecule has 8 nitrogen and oxygen atoms in total. The molecular weight excluding hydrogens is 418 g/mol. The lowest BCUT2D eigenvalue weighted by atomic mass is 9.69. The van der Waals surface area contributed by atoms with Crippen molar-refractivity contribution >= 4 is 21.7 Å². The third-order valence-electron chi connectivity index (χ3n) is 6.18. The number of rotatable bonds is 8. The molecule has 1 aromatic rings. The summed E-state index contributed by atoms with van der Waals surface area (Å²) in [6.45, 7) is 5.06. The number of hydrogen-bond donors (Lipinski definition) is 1. The van der Waals surface area contributed by atoms with Crippen LogP contribution < -0.4 is 10.5 Å². The number of piperazine rings is 1. The average Bonchev–Trinajstić information content (AvgIpc) is 2.74. The molecule has 1 aliphatic carbocycles. The Morgan fingerprint density at radius 3 is 2.42 bits per heavy atom. The first kappa shape index (κ1) is 23.3. The molecule has 0 radical (unpaired) electrons. The first-order valence-corrected chi connectivity index (χ1v) is 12.2. The molecule has 2 N–H and O–H groups in total. The summed E-state index contributed by atoms with van der Waals surface area (Å²) in [6.07, 6.45) is 4.60. The normalized spacial score (nSPS) is 19.2. The van der Waals surface area contributed by atoms with E-state index >= 15 is 0 Å². The Hall–Kier alpha value is -2.39. The third kappa shape index (κ3) is 5.27. The number of amides is 2. The van der Waals surface area contributed by atoms with Crippen molar-refractivity contribution in [3.63, 3.8) is 0 Å². The van der Waals surface area contributed by atoms with E-state index in [4.69, 9.17) is 10.5 Å². The number of ether oxygens (including phenoxy) is 1. The molecule has 0 bridgehead atoms. The second-order valence-corrected chi connectivity index (χ2v) is 10.4. The van der Waals surface area contributed by atoms with Crippen molar-refractivity contribution in [3.05, 3.63) is 35.9 Å². The molecule has 0 atom stereocenters. The molecule has 1 saturated heterocycles. The van der Waals surface area contributed by atoms with Gasteiger partial charge in [0.1, 0.15) is 18.2 Å². The lowest BCUT2D eigenvalue weighted by molar-refractivity contribution is -0.153. The maximum Gasteiger partial charge on any atom is 0.243 e. The number of hydrogen-bond acceptors (Lipinski definition) is 6. The minimum absolute atomic E-state index is 0.000840. The van der Waals surface area contributed by atoms with Crippen LogP contribution >= 0.6 is 0 Å². The van der Waals surface area contributed by atoms with Crippen LogP contribution in [0.3, 0.4) is 0 Å². The molecule has 31 heavy (non-hydrogen) atoms. The Bertz CT molecular complexity index is 952. The summed E-state index contributed by atoms with van der Waals surface area (Å²) in [7, 11) is -3.70. The van der Waals surface area contributed by atoms with Crippen molar-refractivity contribution in [2.45, 2.75) is 38.0 Å². The van der Waals surface area contributed by atoms with E-state index in [1.54, 1.807) is 17.0 Å². The van der Waals surface area contributed by atoms with Crippen LogP contribution in [-0.4, -0.2) is 68.7 Å². The molecule has 0 unspecified atom stereocenters. The summed E-state index contributed by atoms with van der Waals surface area (Å²) in [5.74, 6) is -0.201. The van der Waals surface area contributed by atoms with Crippen LogP contribution in [0.25, 0.3) is 0 Å². The molecule has 9 heteroatoms. The Labute approximate surface area is 183 Å². The molecule has 170 valence electrons. The standard InChI is InChI=1S/C22H31N3O5S/c1-3-17(13-23)15-30-18-5-7-19(8-6-18)31(28,29)16-25-12-11-24(14-20(25)26)21(27)22(2)9-4-10-22/h3,5-8H,4,9-16,23H2,1-2H3/b17-3+. The molecule has 2 fully saturated rings. The quantitative estimate of drug-likeness (QED) is 0.603. The highest BCUT2D eigenvalue weighted by Crippen LogP contribution is 2.42. The topological polar surface area (TPSA) is 110 Å². The van der Waals surface area contributed by atoms with Gasteiger partial charge in [-0.15, -0.1) is 0 Å². The van der Waals surface area contributed by atoms with Gasteiger partial charge in [-0.25, -0.2) is 8.42 Å². The number of allylic oxidation sites excluding steroid dienone is 1. The molecule has 0 spiro atoms. The van der Waals surface area contributed by atoms with E-state index in [0.29, 0.717) is 25.4 Å². The Morgan fingerprint density at radius 2 is 1.90 bits per heavy atom. The number of nitrogens with two attached hydrogens (primary N) is 1. The van der Waals surface area contributed by atoms with Gasteiger partial charge in [0.25, 0.3) is 0 Å². The fourth-order valence-corrected chi connectivity index (χ4v) is 5.16. The van der Waals surface area contributed by atoms with E-state index in [2.05, 4.69) is 0 Å². The van der Waals surface area contributed by atoms with Crippen molar-refractivity contribution in [2.24, 2.45) is 11.1 Å². The third-order valence-corrected chi connectivity index (χ3v) is 7.82. The molecule has 1 aromatic carbocycles. The molecule has 1 saturated carbocycles. The molecule has 0 aromatic heterocycles. The molecule has 1 heterocycles. The average molecular weight is 450 g/mol. The molecule has 3 rings (SSSR count). The van der Waals surface area contributed by atoms with Crippen LogP contribution in [0.2, 0.25) is 0 Å². The molecule has 2 aliphatic rings. The zero-order valence-electron chi connectivity index (χ0n) is 18.2. The minimum atomic E-state index is -3.70. The minimum Gasteiger partial charge on any atom is -0.489 e. The highest BCUT2D eigenvalue weighted by Gasteiger charge is 2.43. The number of sulfone groups is 1. The predicted octanol–water partition coefficient (Wildman–Crippen LogP) is 1.56. The van der Waals surface area contributed by atoms with Crippen molar-refractivity contribution < 1.29 is 22.7 Å². The Kier molecular flexibility index (Phi) is 7.06. The van der Waals surface area contributed by atoms with Crippen LogP contribution in [0, 0.1) is 5.41 Å². The van der Waals surface area contributed by atoms with Gasteiger partial charge in [0.2, 0.25) is 11.8 Å². The van der Waals surface area contributed by atoms with Gasteiger partial charge in [0, 0.05) is 25.0 Å². The van der Waals surface area contributed by atoms with E-state index in [1.807, 2.05) is 19.9 Å².